The highest BCUT2D eigenvalue weighted by Crippen LogP contribution is 2.22. The van der Waals surface area contributed by atoms with Crippen molar-refractivity contribution >= 4 is 0 Å². The maximum Gasteiger partial charge on any atom is 0.123 e. The van der Waals surface area contributed by atoms with E-state index < -0.39 is 0 Å². The highest BCUT2D eigenvalue weighted by atomic mass is 19.1. The molecule has 0 amide bonds. The Morgan fingerprint density at radius 2 is 2.24 bits per heavy atom. The molecule has 2 rings (SSSR count). The summed E-state index contributed by atoms with van der Waals surface area (Å²) in [4.78, 5) is 0. The minimum atomic E-state index is -0.264. The molecule has 0 radical (unpaired) electrons. The predicted molar refractivity (Wildman–Crippen MR) is 77.4 cm³/mol. The highest BCUT2D eigenvalue weighted by Gasteiger charge is 2.15. The SMILES string of the molecule is Cn1cc(C(NCCOCCO)c2cccc(F)c2)cn1. The van der Waals surface area contributed by atoms with Crippen LogP contribution in [0.15, 0.2) is 36.7 Å². The summed E-state index contributed by atoms with van der Waals surface area (Å²) in [5.74, 6) is -0.264. The summed E-state index contributed by atoms with van der Waals surface area (Å²) in [6, 6.07) is 6.36. The summed E-state index contributed by atoms with van der Waals surface area (Å²) in [5.41, 5.74) is 1.80. The second-order valence-electron chi connectivity index (χ2n) is 4.73. The Kier molecular flexibility index (Phi) is 5.86. The van der Waals surface area contributed by atoms with E-state index in [-0.39, 0.29) is 18.5 Å². The minimum Gasteiger partial charge on any atom is -0.394 e. The van der Waals surface area contributed by atoms with Gasteiger partial charge in [-0.1, -0.05) is 12.1 Å². The van der Waals surface area contributed by atoms with Gasteiger partial charge in [0.2, 0.25) is 0 Å². The molecule has 0 spiro atoms. The first-order valence-corrected chi connectivity index (χ1v) is 6.86. The number of nitrogens with zero attached hydrogens (tertiary/aromatic N) is 2. The lowest BCUT2D eigenvalue weighted by Gasteiger charge is -2.18. The molecule has 2 N–H and O–H groups in total. The Hall–Kier alpha value is -1.76. The van der Waals surface area contributed by atoms with Crippen molar-refractivity contribution in [3.63, 3.8) is 0 Å². The van der Waals surface area contributed by atoms with Crippen molar-refractivity contribution in [2.45, 2.75) is 6.04 Å². The number of hydrogen-bond acceptors (Lipinski definition) is 4. The molecule has 6 heteroatoms. The number of hydrogen-bond donors (Lipinski definition) is 2. The second kappa shape index (κ2) is 7.87. The maximum atomic E-state index is 13.4. The molecule has 0 bridgehead atoms. The van der Waals surface area contributed by atoms with Crippen LogP contribution in [0, 0.1) is 5.82 Å². The molecule has 1 aromatic carbocycles. The maximum absolute atomic E-state index is 13.4. The number of ether oxygens (including phenoxy) is 1. The first-order valence-electron chi connectivity index (χ1n) is 6.86. The fourth-order valence-corrected chi connectivity index (χ4v) is 2.15. The van der Waals surface area contributed by atoms with Gasteiger partial charge in [-0.05, 0) is 17.7 Å². The third-order valence-electron chi connectivity index (χ3n) is 3.07. The van der Waals surface area contributed by atoms with Crippen molar-refractivity contribution in [1.82, 2.24) is 15.1 Å². The van der Waals surface area contributed by atoms with E-state index in [1.807, 2.05) is 19.3 Å². The van der Waals surface area contributed by atoms with Gasteiger partial charge in [-0.2, -0.15) is 5.10 Å². The van der Waals surface area contributed by atoms with Crippen molar-refractivity contribution < 1.29 is 14.2 Å². The van der Waals surface area contributed by atoms with Crippen molar-refractivity contribution in [2.75, 3.05) is 26.4 Å². The number of aryl methyl sites for hydroxylation is 1. The van der Waals surface area contributed by atoms with E-state index >= 15 is 0 Å². The summed E-state index contributed by atoms with van der Waals surface area (Å²) in [6.45, 7) is 1.40. The van der Waals surface area contributed by atoms with Crippen molar-refractivity contribution in [3.05, 3.63) is 53.6 Å². The van der Waals surface area contributed by atoms with Gasteiger partial charge in [-0.25, -0.2) is 4.39 Å². The zero-order valence-electron chi connectivity index (χ0n) is 12.0. The van der Waals surface area contributed by atoms with Crippen molar-refractivity contribution in [1.29, 1.82) is 0 Å². The van der Waals surface area contributed by atoms with Gasteiger partial charge in [0.1, 0.15) is 5.82 Å². The number of aliphatic hydroxyl groups excluding tert-OH is 1. The minimum absolute atomic E-state index is 0.00985. The van der Waals surface area contributed by atoms with Crippen LogP contribution in [0.4, 0.5) is 4.39 Å². The molecule has 0 fully saturated rings. The Balaban J connectivity index is 2.07. The molecule has 0 saturated heterocycles. The molecular formula is C15H20FN3O2. The average Bonchev–Trinajstić information content (AvgIpc) is 2.89. The van der Waals surface area contributed by atoms with Crippen LogP contribution in [0.5, 0.6) is 0 Å². The number of halogens is 1. The largest absolute Gasteiger partial charge is 0.394 e. The summed E-state index contributed by atoms with van der Waals surface area (Å²) >= 11 is 0. The standard InChI is InChI=1S/C15H20FN3O2/c1-19-11-13(10-18-19)15(17-5-7-21-8-6-20)12-3-2-4-14(16)9-12/h2-4,9-11,15,17,20H,5-8H2,1H3. The van der Waals surface area contributed by atoms with Gasteiger partial charge in [0.25, 0.3) is 0 Å². The molecule has 5 nitrogen and oxygen atoms in total. The monoisotopic (exact) mass is 293 g/mol. The summed E-state index contributed by atoms with van der Waals surface area (Å²) in [6.07, 6.45) is 3.66. The van der Waals surface area contributed by atoms with E-state index in [2.05, 4.69) is 10.4 Å². The molecule has 1 heterocycles. The molecule has 0 aliphatic carbocycles. The molecule has 114 valence electrons. The highest BCUT2D eigenvalue weighted by molar-refractivity contribution is 5.29. The summed E-state index contributed by atoms with van der Waals surface area (Å²) in [7, 11) is 1.84. The zero-order chi connectivity index (χ0) is 15.1. The Labute approximate surface area is 123 Å². The Morgan fingerprint density at radius 1 is 1.38 bits per heavy atom. The topological polar surface area (TPSA) is 59.3 Å². The van der Waals surface area contributed by atoms with Crippen LogP contribution in [0.1, 0.15) is 17.2 Å². The molecule has 0 aliphatic heterocycles. The summed E-state index contributed by atoms with van der Waals surface area (Å²) in [5, 5.41) is 16.2. The van der Waals surface area contributed by atoms with E-state index in [1.54, 1.807) is 16.9 Å². The second-order valence-corrected chi connectivity index (χ2v) is 4.73. The van der Waals surface area contributed by atoms with Gasteiger partial charge in [-0.15, -0.1) is 0 Å². The van der Waals surface area contributed by atoms with Crippen LogP contribution in [0.2, 0.25) is 0 Å². The van der Waals surface area contributed by atoms with Crippen LogP contribution in [-0.4, -0.2) is 41.3 Å². The van der Waals surface area contributed by atoms with Gasteiger partial charge in [0.05, 0.1) is 32.1 Å². The van der Waals surface area contributed by atoms with Gasteiger partial charge < -0.3 is 15.2 Å². The van der Waals surface area contributed by atoms with E-state index in [9.17, 15) is 4.39 Å². The van der Waals surface area contributed by atoms with Crippen LogP contribution in [0.25, 0.3) is 0 Å². The molecule has 21 heavy (non-hydrogen) atoms. The first-order chi connectivity index (χ1) is 10.2. The third-order valence-corrected chi connectivity index (χ3v) is 3.07. The number of nitrogens with one attached hydrogen (secondary N) is 1. The van der Waals surface area contributed by atoms with Crippen molar-refractivity contribution in [3.8, 4) is 0 Å². The quantitative estimate of drug-likeness (QED) is 0.719. The normalized spacial score (nSPS) is 12.5. The number of benzene rings is 1. The lowest BCUT2D eigenvalue weighted by molar-refractivity contribution is 0.0931. The van der Waals surface area contributed by atoms with Gasteiger partial charge in [0.15, 0.2) is 0 Å². The van der Waals surface area contributed by atoms with Crippen molar-refractivity contribution in [2.24, 2.45) is 7.05 Å². The predicted octanol–water partition coefficient (Wildman–Crippen LogP) is 1.25. The molecule has 1 aromatic heterocycles. The van der Waals surface area contributed by atoms with Gasteiger partial charge in [0, 0.05) is 25.4 Å². The smallest absolute Gasteiger partial charge is 0.123 e. The van der Waals surface area contributed by atoms with Crippen LogP contribution < -0.4 is 5.32 Å². The summed E-state index contributed by atoms with van der Waals surface area (Å²) < 4.78 is 20.4. The zero-order valence-corrected chi connectivity index (χ0v) is 12.0. The Bertz CT molecular complexity index is 559. The number of aromatic nitrogens is 2. The number of aliphatic hydroxyl groups is 1. The van der Waals surface area contributed by atoms with E-state index in [1.165, 1.54) is 12.1 Å². The van der Waals surface area contributed by atoms with Gasteiger partial charge in [-0.3, -0.25) is 4.68 Å². The van der Waals surface area contributed by atoms with E-state index in [0.717, 1.165) is 11.1 Å². The molecule has 0 aliphatic rings. The average molecular weight is 293 g/mol. The lowest BCUT2D eigenvalue weighted by atomic mass is 10.0. The number of rotatable bonds is 8. The molecule has 0 saturated carbocycles. The van der Waals surface area contributed by atoms with E-state index in [0.29, 0.717) is 19.8 Å². The Morgan fingerprint density at radius 3 is 2.90 bits per heavy atom. The molecule has 2 aromatic rings. The van der Waals surface area contributed by atoms with E-state index in [4.69, 9.17) is 9.84 Å². The molecule has 1 unspecified atom stereocenters. The van der Waals surface area contributed by atoms with Gasteiger partial charge >= 0.3 is 0 Å². The lowest BCUT2D eigenvalue weighted by Crippen LogP contribution is -2.26. The van der Waals surface area contributed by atoms with Crippen LogP contribution >= 0.6 is 0 Å². The fraction of sp³-hybridized carbons (Fsp3) is 0.400. The van der Waals surface area contributed by atoms with Crippen LogP contribution in [0.3, 0.4) is 0 Å². The molecular weight excluding hydrogens is 273 g/mol. The fourth-order valence-electron chi connectivity index (χ4n) is 2.15. The first kappa shape index (κ1) is 15.6. The third kappa shape index (κ3) is 4.63. The molecule has 1 atom stereocenters. The van der Waals surface area contributed by atoms with Crippen LogP contribution in [-0.2, 0) is 11.8 Å².